The van der Waals surface area contributed by atoms with E-state index in [1.807, 2.05) is 0 Å². The number of halogens is 2. The number of carbonyl (C=O) groups excluding carboxylic acids is 2. The zero-order chi connectivity index (χ0) is 21.5. The van der Waals surface area contributed by atoms with Gasteiger partial charge in [-0.25, -0.2) is 13.5 Å². The van der Waals surface area contributed by atoms with Gasteiger partial charge in [0.2, 0.25) is 0 Å². The van der Waals surface area contributed by atoms with Crippen LogP contribution in [0.3, 0.4) is 0 Å². The normalized spacial score (nSPS) is 21.3. The molecule has 2 saturated heterocycles. The predicted molar refractivity (Wildman–Crippen MR) is 99.1 cm³/mol. The molecular formula is C18H23F2N7O3. The molecule has 2 fully saturated rings. The molecule has 0 saturated carbocycles. The lowest BCUT2D eigenvalue weighted by atomic mass is 10.1. The predicted octanol–water partition coefficient (Wildman–Crippen LogP) is 0.342. The van der Waals surface area contributed by atoms with E-state index in [9.17, 15) is 18.4 Å². The number of amides is 2. The summed E-state index contributed by atoms with van der Waals surface area (Å²) in [5.41, 5.74) is 1.04. The summed E-state index contributed by atoms with van der Waals surface area (Å²) in [4.78, 5) is 28.2. The average Bonchev–Trinajstić information content (AvgIpc) is 3.40. The molecule has 0 aliphatic carbocycles. The van der Waals surface area contributed by atoms with E-state index in [0.717, 1.165) is 4.90 Å². The van der Waals surface area contributed by atoms with Crippen LogP contribution in [0.25, 0.3) is 0 Å². The van der Waals surface area contributed by atoms with Crippen molar-refractivity contribution in [1.29, 1.82) is 0 Å². The van der Waals surface area contributed by atoms with Gasteiger partial charge >= 0.3 is 0 Å². The van der Waals surface area contributed by atoms with Crippen molar-refractivity contribution in [3.8, 4) is 0 Å². The fraction of sp³-hybridized carbons (Fsp3) is 0.611. The Morgan fingerprint density at radius 2 is 2.00 bits per heavy atom. The molecule has 0 radical (unpaired) electrons. The minimum atomic E-state index is -3.00. The van der Waals surface area contributed by atoms with Crippen molar-refractivity contribution in [3.63, 3.8) is 0 Å². The van der Waals surface area contributed by atoms with Gasteiger partial charge in [-0.15, -0.1) is 5.10 Å². The highest BCUT2D eigenvalue weighted by atomic mass is 19.3. The van der Waals surface area contributed by atoms with Crippen LogP contribution in [-0.4, -0.2) is 91.2 Å². The minimum Gasteiger partial charge on any atom is -0.378 e. The topological polar surface area (TPSA) is 98.4 Å². The Balaban J connectivity index is 1.49. The second-order valence-corrected chi connectivity index (χ2v) is 7.64. The molecule has 1 atom stereocenters. The highest BCUT2D eigenvalue weighted by Crippen LogP contribution is 2.34. The SMILES string of the molecule is Cc1c(C(=O)N2CC(F)(F)C[C@H]2Cn2cc(C(=O)N3CCOCC3)nn2)cnn1C. The van der Waals surface area contributed by atoms with Crippen LogP contribution in [0.5, 0.6) is 0 Å². The molecule has 0 aromatic carbocycles. The third-order valence-electron chi connectivity index (χ3n) is 5.56. The van der Waals surface area contributed by atoms with E-state index < -0.39 is 30.8 Å². The number of alkyl halides is 2. The third-order valence-corrected chi connectivity index (χ3v) is 5.56. The number of ether oxygens (including phenoxy) is 1. The lowest BCUT2D eigenvalue weighted by Crippen LogP contribution is -2.40. The number of rotatable bonds is 4. The lowest BCUT2D eigenvalue weighted by molar-refractivity contribution is 0.0117. The molecule has 12 heteroatoms. The van der Waals surface area contributed by atoms with E-state index in [1.54, 1.807) is 18.9 Å². The van der Waals surface area contributed by atoms with Gasteiger partial charge in [0.05, 0.1) is 50.3 Å². The van der Waals surface area contributed by atoms with Gasteiger partial charge in [0.15, 0.2) is 5.69 Å². The summed E-state index contributed by atoms with van der Waals surface area (Å²) >= 11 is 0. The number of likely N-dealkylation sites (tertiary alicyclic amines) is 1. The van der Waals surface area contributed by atoms with Gasteiger partial charge in [-0.2, -0.15) is 5.10 Å². The second-order valence-electron chi connectivity index (χ2n) is 7.64. The van der Waals surface area contributed by atoms with Crippen LogP contribution in [0.2, 0.25) is 0 Å². The summed E-state index contributed by atoms with van der Waals surface area (Å²) in [6.07, 6.45) is 2.34. The van der Waals surface area contributed by atoms with E-state index in [0.29, 0.717) is 37.6 Å². The van der Waals surface area contributed by atoms with Crippen LogP contribution in [0, 0.1) is 6.92 Å². The zero-order valence-electron chi connectivity index (χ0n) is 16.8. The minimum absolute atomic E-state index is 0.0179. The van der Waals surface area contributed by atoms with Crippen LogP contribution in [0.1, 0.15) is 33.0 Å². The molecule has 2 amide bonds. The molecule has 30 heavy (non-hydrogen) atoms. The molecule has 162 valence electrons. The van der Waals surface area contributed by atoms with Crippen LogP contribution in [-0.2, 0) is 18.3 Å². The maximum atomic E-state index is 14.2. The van der Waals surface area contributed by atoms with E-state index >= 15 is 0 Å². The van der Waals surface area contributed by atoms with E-state index in [-0.39, 0.29) is 18.1 Å². The van der Waals surface area contributed by atoms with Crippen molar-refractivity contribution in [2.45, 2.75) is 31.9 Å². The van der Waals surface area contributed by atoms with Gasteiger partial charge in [0.1, 0.15) is 0 Å². The van der Waals surface area contributed by atoms with Gasteiger partial charge in [-0.1, -0.05) is 5.21 Å². The number of carbonyl (C=O) groups is 2. The molecule has 2 aliphatic rings. The number of morpholine rings is 1. The maximum Gasteiger partial charge on any atom is 0.276 e. The number of hydrogen-bond donors (Lipinski definition) is 0. The fourth-order valence-corrected chi connectivity index (χ4v) is 3.79. The molecule has 0 unspecified atom stereocenters. The molecule has 10 nitrogen and oxygen atoms in total. The van der Waals surface area contributed by atoms with Gasteiger partial charge in [0.25, 0.3) is 17.7 Å². The molecule has 0 N–H and O–H groups in total. The standard InChI is InChI=1S/C18H23F2N7O3/c1-12-14(8-21-24(12)2)16(28)27-11-18(19,20)7-13(27)9-26-10-15(22-23-26)17(29)25-3-5-30-6-4-25/h8,10,13H,3-7,9,11H2,1-2H3/t13-/m0/s1. The fourth-order valence-electron chi connectivity index (χ4n) is 3.79. The van der Waals surface area contributed by atoms with Crippen molar-refractivity contribution in [2.75, 3.05) is 32.8 Å². The van der Waals surface area contributed by atoms with Gasteiger partial charge in [0, 0.05) is 32.3 Å². The molecule has 0 bridgehead atoms. The first-order valence-electron chi connectivity index (χ1n) is 9.70. The molecule has 0 spiro atoms. The van der Waals surface area contributed by atoms with Crippen molar-refractivity contribution >= 4 is 11.8 Å². The molecule has 4 rings (SSSR count). The number of nitrogens with zero attached hydrogens (tertiary/aromatic N) is 7. The Hall–Kier alpha value is -2.89. The van der Waals surface area contributed by atoms with Gasteiger partial charge in [-0.05, 0) is 6.92 Å². The van der Waals surface area contributed by atoms with E-state index in [2.05, 4.69) is 15.4 Å². The van der Waals surface area contributed by atoms with E-state index in [4.69, 9.17) is 4.74 Å². The summed E-state index contributed by atoms with van der Waals surface area (Å²) < 4.78 is 36.4. The Bertz CT molecular complexity index is 951. The summed E-state index contributed by atoms with van der Waals surface area (Å²) in [5, 5.41) is 11.8. The highest BCUT2D eigenvalue weighted by molar-refractivity contribution is 5.95. The molecule has 2 aromatic heterocycles. The average molecular weight is 423 g/mol. The van der Waals surface area contributed by atoms with Crippen LogP contribution in [0.15, 0.2) is 12.4 Å². The largest absolute Gasteiger partial charge is 0.378 e. The lowest BCUT2D eigenvalue weighted by Gasteiger charge is -2.25. The quantitative estimate of drug-likeness (QED) is 0.704. The molecule has 2 aliphatic heterocycles. The first kappa shape index (κ1) is 20.4. The van der Waals surface area contributed by atoms with Crippen LogP contribution in [0.4, 0.5) is 8.78 Å². The van der Waals surface area contributed by atoms with Crippen molar-refractivity contribution < 1.29 is 23.1 Å². The monoisotopic (exact) mass is 423 g/mol. The number of hydrogen-bond acceptors (Lipinski definition) is 6. The van der Waals surface area contributed by atoms with E-state index in [1.165, 1.54) is 21.8 Å². The van der Waals surface area contributed by atoms with Crippen LogP contribution >= 0.6 is 0 Å². The molecular weight excluding hydrogens is 400 g/mol. The first-order valence-corrected chi connectivity index (χ1v) is 9.70. The first-order chi connectivity index (χ1) is 14.2. The van der Waals surface area contributed by atoms with Crippen molar-refractivity contribution in [1.82, 2.24) is 34.6 Å². The third kappa shape index (κ3) is 3.91. The Morgan fingerprint density at radius 1 is 1.27 bits per heavy atom. The van der Waals surface area contributed by atoms with Crippen molar-refractivity contribution in [2.24, 2.45) is 7.05 Å². The Morgan fingerprint density at radius 3 is 2.67 bits per heavy atom. The summed E-state index contributed by atoms with van der Waals surface area (Å²) in [7, 11) is 1.69. The van der Waals surface area contributed by atoms with Crippen molar-refractivity contribution in [3.05, 3.63) is 29.3 Å². The Kier molecular flexibility index (Phi) is 5.26. The molecule has 4 heterocycles. The smallest absolute Gasteiger partial charge is 0.276 e. The van der Waals surface area contributed by atoms with Gasteiger partial charge in [-0.3, -0.25) is 14.3 Å². The Labute approximate surface area is 171 Å². The maximum absolute atomic E-state index is 14.2. The number of aryl methyl sites for hydroxylation is 1. The van der Waals surface area contributed by atoms with Crippen LogP contribution < -0.4 is 0 Å². The van der Waals surface area contributed by atoms with Gasteiger partial charge < -0.3 is 14.5 Å². The zero-order valence-corrected chi connectivity index (χ0v) is 16.8. The summed E-state index contributed by atoms with van der Waals surface area (Å²) in [6.45, 7) is 2.91. The second kappa shape index (κ2) is 7.74. The number of aromatic nitrogens is 5. The summed E-state index contributed by atoms with van der Waals surface area (Å²) in [6, 6.07) is -0.778. The highest BCUT2D eigenvalue weighted by Gasteiger charge is 2.47. The molecule has 2 aromatic rings. The summed E-state index contributed by atoms with van der Waals surface area (Å²) in [5.74, 6) is -3.77.